The second-order valence-electron chi connectivity index (χ2n) is 3.58. The fraction of sp³-hybridized carbons (Fsp3) is 0.364. The highest BCUT2D eigenvalue weighted by atomic mass is 16.4. The minimum atomic E-state index is -0.843. The van der Waals surface area contributed by atoms with Gasteiger partial charge in [0.05, 0.1) is 5.92 Å². The number of hydrogen-bond acceptors (Lipinski definition) is 2. The first kappa shape index (κ1) is 10.6. The number of carboxylic acids is 1. The highest BCUT2D eigenvalue weighted by molar-refractivity contribution is 5.70. The largest absolute Gasteiger partial charge is 0.508 e. The summed E-state index contributed by atoms with van der Waals surface area (Å²) in [6, 6.07) is 5.28. The predicted molar refractivity (Wildman–Crippen MR) is 53.3 cm³/mol. The van der Waals surface area contributed by atoms with Crippen LogP contribution in [0.25, 0.3) is 0 Å². The van der Waals surface area contributed by atoms with Crippen molar-refractivity contribution < 1.29 is 15.0 Å². The van der Waals surface area contributed by atoms with Crippen LogP contribution in [0.2, 0.25) is 0 Å². The van der Waals surface area contributed by atoms with Crippen molar-refractivity contribution in [3.05, 3.63) is 29.3 Å². The van der Waals surface area contributed by atoms with Crippen molar-refractivity contribution in [1.82, 2.24) is 0 Å². The molecule has 0 aliphatic carbocycles. The molecule has 1 unspecified atom stereocenters. The Balaban J connectivity index is 2.82. The van der Waals surface area contributed by atoms with E-state index in [0.29, 0.717) is 12.0 Å². The summed E-state index contributed by atoms with van der Waals surface area (Å²) in [6.45, 7) is 3.51. The number of aromatic hydroxyl groups is 1. The molecule has 2 N–H and O–H groups in total. The van der Waals surface area contributed by atoms with Gasteiger partial charge < -0.3 is 10.2 Å². The number of phenolic OH excluding ortho intramolecular Hbond substituents is 1. The van der Waals surface area contributed by atoms with Gasteiger partial charge in [0.25, 0.3) is 0 Å². The maximum Gasteiger partial charge on any atom is 0.306 e. The molecule has 14 heavy (non-hydrogen) atoms. The monoisotopic (exact) mass is 194 g/mol. The summed E-state index contributed by atoms with van der Waals surface area (Å²) in [5.41, 5.74) is 1.65. The minimum Gasteiger partial charge on any atom is -0.508 e. The van der Waals surface area contributed by atoms with Crippen LogP contribution in [0.4, 0.5) is 0 Å². The van der Waals surface area contributed by atoms with Gasteiger partial charge in [0.1, 0.15) is 5.75 Å². The van der Waals surface area contributed by atoms with Crippen molar-refractivity contribution in [2.75, 3.05) is 0 Å². The molecule has 3 nitrogen and oxygen atoms in total. The van der Waals surface area contributed by atoms with Gasteiger partial charge in [-0.25, -0.2) is 0 Å². The summed E-state index contributed by atoms with van der Waals surface area (Å²) in [5, 5.41) is 18.2. The summed E-state index contributed by atoms with van der Waals surface area (Å²) >= 11 is 0. The Bertz CT molecular complexity index is 344. The van der Waals surface area contributed by atoms with E-state index >= 15 is 0 Å². The van der Waals surface area contributed by atoms with Crippen LogP contribution in [-0.4, -0.2) is 16.2 Å². The predicted octanol–water partition coefficient (Wildman–Crippen LogP) is 1.96. The van der Waals surface area contributed by atoms with Gasteiger partial charge in [-0.15, -0.1) is 0 Å². The van der Waals surface area contributed by atoms with Gasteiger partial charge in [-0.2, -0.15) is 0 Å². The lowest BCUT2D eigenvalue weighted by Crippen LogP contribution is -2.12. The molecule has 0 spiro atoms. The molecule has 0 saturated heterocycles. The highest BCUT2D eigenvalue weighted by Gasteiger charge is 2.13. The first-order chi connectivity index (χ1) is 6.50. The van der Waals surface area contributed by atoms with Crippen LogP contribution in [0.15, 0.2) is 18.2 Å². The SMILES string of the molecule is Cc1ccc(CC(C)C(=O)O)c(O)c1. The van der Waals surface area contributed by atoms with E-state index in [2.05, 4.69) is 0 Å². The fourth-order valence-corrected chi connectivity index (χ4v) is 1.26. The third-order valence-electron chi connectivity index (χ3n) is 2.19. The Hall–Kier alpha value is -1.51. The summed E-state index contributed by atoms with van der Waals surface area (Å²) in [7, 11) is 0. The van der Waals surface area contributed by atoms with Crippen LogP contribution in [0, 0.1) is 12.8 Å². The first-order valence-corrected chi connectivity index (χ1v) is 4.52. The molecule has 0 heterocycles. The number of carbonyl (C=O) groups is 1. The van der Waals surface area contributed by atoms with E-state index in [0.717, 1.165) is 5.56 Å². The zero-order valence-corrected chi connectivity index (χ0v) is 8.32. The van der Waals surface area contributed by atoms with Gasteiger partial charge in [-0.1, -0.05) is 19.1 Å². The smallest absolute Gasteiger partial charge is 0.306 e. The minimum absolute atomic E-state index is 0.179. The van der Waals surface area contributed by atoms with Crippen molar-refractivity contribution in [3.8, 4) is 5.75 Å². The summed E-state index contributed by atoms with van der Waals surface area (Å²) in [6.07, 6.45) is 0.363. The zero-order chi connectivity index (χ0) is 10.7. The van der Waals surface area contributed by atoms with Crippen LogP contribution in [-0.2, 0) is 11.2 Å². The lowest BCUT2D eigenvalue weighted by molar-refractivity contribution is -0.141. The van der Waals surface area contributed by atoms with Crippen molar-refractivity contribution >= 4 is 5.97 Å². The summed E-state index contributed by atoms with van der Waals surface area (Å²) in [5.74, 6) is -1.13. The van der Waals surface area contributed by atoms with Gasteiger partial charge in [-0.3, -0.25) is 4.79 Å². The Morgan fingerprint density at radius 2 is 2.14 bits per heavy atom. The molecule has 1 aromatic rings. The molecule has 0 bridgehead atoms. The molecule has 0 saturated carbocycles. The number of hydrogen-bond donors (Lipinski definition) is 2. The normalized spacial score (nSPS) is 12.4. The van der Waals surface area contributed by atoms with Gasteiger partial charge in [0.15, 0.2) is 0 Å². The Labute approximate surface area is 83.0 Å². The molecule has 0 aliphatic rings. The molecule has 3 heteroatoms. The molecule has 1 atom stereocenters. The number of phenols is 1. The molecule has 1 aromatic carbocycles. The maximum absolute atomic E-state index is 10.6. The number of carboxylic acid groups (broad SMARTS) is 1. The quantitative estimate of drug-likeness (QED) is 0.773. The third kappa shape index (κ3) is 2.49. The standard InChI is InChI=1S/C11H14O3/c1-7-3-4-9(10(12)5-7)6-8(2)11(13)14/h3-5,8,12H,6H2,1-2H3,(H,13,14). The van der Waals surface area contributed by atoms with Crippen molar-refractivity contribution in [3.63, 3.8) is 0 Å². The topological polar surface area (TPSA) is 57.5 Å². The average Bonchev–Trinajstić information content (AvgIpc) is 2.09. The Morgan fingerprint density at radius 3 is 2.64 bits per heavy atom. The lowest BCUT2D eigenvalue weighted by Gasteiger charge is -2.08. The maximum atomic E-state index is 10.6. The van der Waals surface area contributed by atoms with Crippen molar-refractivity contribution in [1.29, 1.82) is 0 Å². The van der Waals surface area contributed by atoms with Crippen LogP contribution >= 0.6 is 0 Å². The molecule has 0 amide bonds. The van der Waals surface area contributed by atoms with Gasteiger partial charge >= 0.3 is 5.97 Å². The van der Waals surface area contributed by atoms with Crippen LogP contribution < -0.4 is 0 Å². The second kappa shape index (κ2) is 4.13. The molecule has 76 valence electrons. The van der Waals surface area contributed by atoms with Crippen molar-refractivity contribution in [2.45, 2.75) is 20.3 Å². The Kier molecular flexibility index (Phi) is 3.12. The summed E-state index contributed by atoms with van der Waals surface area (Å²) < 4.78 is 0. The van der Waals surface area contributed by atoms with E-state index in [9.17, 15) is 9.90 Å². The van der Waals surface area contributed by atoms with E-state index in [4.69, 9.17) is 5.11 Å². The van der Waals surface area contributed by atoms with Crippen LogP contribution in [0.1, 0.15) is 18.1 Å². The van der Waals surface area contributed by atoms with Gasteiger partial charge in [-0.05, 0) is 30.5 Å². The van der Waals surface area contributed by atoms with E-state index < -0.39 is 11.9 Å². The second-order valence-corrected chi connectivity index (χ2v) is 3.58. The average molecular weight is 194 g/mol. The van der Waals surface area contributed by atoms with Gasteiger partial charge in [0.2, 0.25) is 0 Å². The number of aliphatic carboxylic acids is 1. The van der Waals surface area contributed by atoms with E-state index in [1.165, 1.54) is 0 Å². The lowest BCUT2D eigenvalue weighted by atomic mass is 9.99. The number of aryl methyl sites for hydroxylation is 1. The molecular formula is C11H14O3. The van der Waals surface area contributed by atoms with E-state index in [-0.39, 0.29) is 5.75 Å². The summed E-state index contributed by atoms with van der Waals surface area (Å²) in [4.78, 5) is 10.6. The molecule has 0 fully saturated rings. The van der Waals surface area contributed by atoms with Gasteiger partial charge in [0, 0.05) is 0 Å². The molecule has 0 radical (unpaired) electrons. The molecular weight excluding hydrogens is 180 g/mol. The van der Waals surface area contributed by atoms with Crippen molar-refractivity contribution in [2.24, 2.45) is 5.92 Å². The molecule has 0 aliphatic heterocycles. The Morgan fingerprint density at radius 1 is 1.50 bits per heavy atom. The molecule has 1 rings (SSSR count). The fourth-order valence-electron chi connectivity index (χ4n) is 1.26. The number of rotatable bonds is 3. The third-order valence-corrected chi connectivity index (χ3v) is 2.19. The zero-order valence-electron chi connectivity index (χ0n) is 8.32. The number of benzene rings is 1. The van der Waals surface area contributed by atoms with E-state index in [1.807, 2.05) is 13.0 Å². The van der Waals surface area contributed by atoms with Crippen LogP contribution in [0.5, 0.6) is 5.75 Å². The van der Waals surface area contributed by atoms with Crippen LogP contribution in [0.3, 0.4) is 0 Å². The van der Waals surface area contributed by atoms with E-state index in [1.54, 1.807) is 19.1 Å². The first-order valence-electron chi connectivity index (χ1n) is 4.52. The molecule has 0 aromatic heterocycles. The highest BCUT2D eigenvalue weighted by Crippen LogP contribution is 2.21.